The van der Waals surface area contributed by atoms with Gasteiger partial charge in [0.1, 0.15) is 12.2 Å². The van der Waals surface area contributed by atoms with E-state index < -0.39 is 16.9 Å². The van der Waals surface area contributed by atoms with Crippen LogP contribution < -0.4 is 4.90 Å². The monoisotopic (exact) mass is 400 g/mol. The average molecular weight is 400 g/mol. The molecule has 0 aliphatic carbocycles. The van der Waals surface area contributed by atoms with Gasteiger partial charge in [-0.1, -0.05) is 12.1 Å². The molecule has 0 aromatic heterocycles. The van der Waals surface area contributed by atoms with E-state index in [1.165, 1.54) is 19.2 Å². The lowest BCUT2D eigenvalue weighted by Crippen LogP contribution is -2.36. The fourth-order valence-electron chi connectivity index (χ4n) is 2.95. The Morgan fingerprint density at radius 1 is 1.10 bits per heavy atom. The highest BCUT2D eigenvalue weighted by molar-refractivity contribution is 5.95. The number of nitro groups is 1. The van der Waals surface area contributed by atoms with Crippen LogP contribution in [-0.2, 0) is 20.8 Å². The normalized spacial score (nSPS) is 13.6. The van der Waals surface area contributed by atoms with E-state index in [1.54, 1.807) is 30.3 Å². The zero-order valence-electron chi connectivity index (χ0n) is 15.8. The van der Waals surface area contributed by atoms with Crippen molar-refractivity contribution in [3.05, 3.63) is 69.3 Å². The Morgan fingerprint density at radius 3 is 2.41 bits per heavy atom. The summed E-state index contributed by atoms with van der Waals surface area (Å²) in [5, 5.41) is 11.3. The first kappa shape index (κ1) is 20.3. The molecule has 152 valence electrons. The lowest BCUT2D eigenvalue weighted by atomic mass is 10.1. The molecular formula is C20H20N2O7. The van der Waals surface area contributed by atoms with Gasteiger partial charge in [-0.15, -0.1) is 0 Å². The minimum Gasteiger partial charge on any atom is -0.465 e. The number of hydrogen-bond acceptors (Lipinski definition) is 8. The van der Waals surface area contributed by atoms with E-state index >= 15 is 0 Å². The topological polar surface area (TPSA) is 108 Å². The van der Waals surface area contributed by atoms with E-state index in [1.807, 2.05) is 4.90 Å². The van der Waals surface area contributed by atoms with Gasteiger partial charge in [0.2, 0.25) is 0 Å². The standard InChI is InChI=1S/C20H20N2O7/c1-27-19(23)15-4-2-14(3-5-15)13-29-20(24)17-12-16(6-7-18(17)22(25)26)21-8-10-28-11-9-21/h2-7,12H,8-11,13H2,1H3. The number of methoxy groups -OCH3 is 1. The lowest BCUT2D eigenvalue weighted by Gasteiger charge is -2.29. The molecule has 0 unspecified atom stereocenters. The van der Waals surface area contributed by atoms with Crippen LogP contribution in [0.4, 0.5) is 11.4 Å². The Bertz CT molecular complexity index is 906. The van der Waals surface area contributed by atoms with Gasteiger partial charge >= 0.3 is 11.9 Å². The number of hydrogen-bond donors (Lipinski definition) is 0. The van der Waals surface area contributed by atoms with Gasteiger partial charge in [-0.2, -0.15) is 0 Å². The third kappa shape index (κ3) is 4.88. The molecule has 3 rings (SSSR count). The number of nitrogens with zero attached hydrogens (tertiary/aromatic N) is 2. The second-order valence-corrected chi connectivity index (χ2v) is 6.32. The maximum atomic E-state index is 12.6. The van der Waals surface area contributed by atoms with Crippen LogP contribution in [0.25, 0.3) is 0 Å². The van der Waals surface area contributed by atoms with E-state index in [-0.39, 0.29) is 17.9 Å². The molecule has 1 aliphatic heterocycles. The van der Waals surface area contributed by atoms with Gasteiger partial charge < -0.3 is 19.1 Å². The Kier molecular flexibility index (Phi) is 6.40. The average Bonchev–Trinajstić information content (AvgIpc) is 2.77. The van der Waals surface area contributed by atoms with Crippen LogP contribution in [-0.4, -0.2) is 50.3 Å². The van der Waals surface area contributed by atoms with Crippen LogP contribution >= 0.6 is 0 Å². The molecule has 29 heavy (non-hydrogen) atoms. The number of benzene rings is 2. The van der Waals surface area contributed by atoms with Gasteiger partial charge in [0, 0.05) is 24.8 Å². The summed E-state index contributed by atoms with van der Waals surface area (Å²) >= 11 is 0. The van der Waals surface area contributed by atoms with Crippen LogP contribution in [0, 0.1) is 10.1 Å². The zero-order valence-corrected chi connectivity index (χ0v) is 15.8. The molecule has 0 N–H and O–H groups in total. The summed E-state index contributed by atoms with van der Waals surface area (Å²) in [4.78, 5) is 36.7. The first-order chi connectivity index (χ1) is 14.0. The summed E-state index contributed by atoms with van der Waals surface area (Å²) in [6, 6.07) is 10.8. The predicted octanol–water partition coefficient (Wildman–Crippen LogP) is 2.58. The Balaban J connectivity index is 1.74. The van der Waals surface area contributed by atoms with Crippen LogP contribution in [0.15, 0.2) is 42.5 Å². The number of nitro benzene ring substituents is 1. The molecule has 9 heteroatoms. The molecule has 0 atom stereocenters. The molecule has 0 saturated carbocycles. The van der Waals surface area contributed by atoms with Gasteiger partial charge in [0.05, 0.1) is 30.8 Å². The van der Waals surface area contributed by atoms with Crippen molar-refractivity contribution in [3.8, 4) is 0 Å². The second-order valence-electron chi connectivity index (χ2n) is 6.32. The number of carbonyl (C=O) groups excluding carboxylic acids is 2. The van der Waals surface area contributed by atoms with Gasteiger partial charge in [-0.3, -0.25) is 10.1 Å². The van der Waals surface area contributed by atoms with E-state index in [0.717, 1.165) is 0 Å². The molecule has 9 nitrogen and oxygen atoms in total. The smallest absolute Gasteiger partial charge is 0.345 e. The van der Waals surface area contributed by atoms with Gasteiger partial charge in [-0.25, -0.2) is 9.59 Å². The molecule has 1 heterocycles. The summed E-state index contributed by atoms with van der Waals surface area (Å²) < 4.78 is 15.2. The second kappa shape index (κ2) is 9.16. The zero-order chi connectivity index (χ0) is 20.8. The number of anilines is 1. The highest BCUT2D eigenvalue weighted by Gasteiger charge is 2.24. The third-order valence-electron chi connectivity index (χ3n) is 4.52. The molecule has 0 spiro atoms. The summed E-state index contributed by atoms with van der Waals surface area (Å²) in [5.41, 5.74) is 1.29. The molecule has 1 saturated heterocycles. The number of morpholine rings is 1. The third-order valence-corrected chi connectivity index (χ3v) is 4.52. The molecule has 1 fully saturated rings. The first-order valence-electron chi connectivity index (χ1n) is 8.95. The van der Waals surface area contributed by atoms with Crippen molar-refractivity contribution in [1.82, 2.24) is 0 Å². The summed E-state index contributed by atoms with van der Waals surface area (Å²) in [5.74, 6) is -1.26. The number of rotatable bonds is 6. The molecule has 0 bridgehead atoms. The molecule has 2 aromatic rings. The fraction of sp³-hybridized carbons (Fsp3) is 0.300. The van der Waals surface area contributed by atoms with Crippen molar-refractivity contribution in [2.24, 2.45) is 0 Å². The number of ether oxygens (including phenoxy) is 3. The van der Waals surface area contributed by atoms with Gasteiger partial charge in [-0.05, 0) is 29.8 Å². The largest absolute Gasteiger partial charge is 0.465 e. The van der Waals surface area contributed by atoms with E-state index in [0.29, 0.717) is 43.1 Å². The van der Waals surface area contributed by atoms with Gasteiger partial charge in [0.25, 0.3) is 5.69 Å². The van der Waals surface area contributed by atoms with Crippen LogP contribution in [0.3, 0.4) is 0 Å². The fourth-order valence-corrected chi connectivity index (χ4v) is 2.95. The molecule has 1 aliphatic rings. The maximum absolute atomic E-state index is 12.6. The Hall–Kier alpha value is -3.46. The van der Waals surface area contributed by atoms with Crippen molar-refractivity contribution in [2.45, 2.75) is 6.61 Å². The first-order valence-corrected chi connectivity index (χ1v) is 8.95. The van der Waals surface area contributed by atoms with E-state index in [2.05, 4.69) is 4.74 Å². The highest BCUT2D eigenvalue weighted by atomic mass is 16.6. The highest BCUT2D eigenvalue weighted by Crippen LogP contribution is 2.26. The van der Waals surface area contributed by atoms with E-state index in [4.69, 9.17) is 9.47 Å². The molecule has 0 radical (unpaired) electrons. The minimum absolute atomic E-state index is 0.0841. The molecular weight excluding hydrogens is 380 g/mol. The van der Waals surface area contributed by atoms with Crippen LogP contribution in [0.2, 0.25) is 0 Å². The van der Waals surface area contributed by atoms with Crippen LogP contribution in [0.1, 0.15) is 26.3 Å². The minimum atomic E-state index is -0.788. The van der Waals surface area contributed by atoms with E-state index in [9.17, 15) is 19.7 Å². The quantitative estimate of drug-likeness (QED) is 0.414. The maximum Gasteiger partial charge on any atom is 0.345 e. The molecule has 0 amide bonds. The molecule has 2 aromatic carbocycles. The van der Waals surface area contributed by atoms with Crippen LogP contribution in [0.5, 0.6) is 0 Å². The summed E-state index contributed by atoms with van der Waals surface area (Å²) in [6.45, 7) is 2.30. The van der Waals surface area contributed by atoms with Crippen molar-refractivity contribution in [3.63, 3.8) is 0 Å². The Morgan fingerprint density at radius 2 is 1.79 bits per heavy atom. The van der Waals surface area contributed by atoms with Crippen molar-refractivity contribution < 1.29 is 28.7 Å². The van der Waals surface area contributed by atoms with Crippen molar-refractivity contribution in [1.29, 1.82) is 0 Å². The number of esters is 2. The predicted molar refractivity (Wildman–Crippen MR) is 103 cm³/mol. The summed E-state index contributed by atoms with van der Waals surface area (Å²) in [6.07, 6.45) is 0. The van der Waals surface area contributed by atoms with Crippen molar-refractivity contribution >= 4 is 23.3 Å². The van der Waals surface area contributed by atoms with Crippen molar-refractivity contribution in [2.75, 3.05) is 38.3 Å². The van der Waals surface area contributed by atoms with Gasteiger partial charge in [0.15, 0.2) is 0 Å². The number of carbonyl (C=O) groups is 2. The Labute approximate surface area is 166 Å². The lowest BCUT2D eigenvalue weighted by molar-refractivity contribution is -0.385. The SMILES string of the molecule is COC(=O)c1ccc(COC(=O)c2cc(N3CCOCC3)ccc2[N+](=O)[O-])cc1. The summed E-state index contributed by atoms with van der Waals surface area (Å²) in [7, 11) is 1.29.